The van der Waals surface area contributed by atoms with Gasteiger partial charge in [0, 0.05) is 12.6 Å². The van der Waals surface area contributed by atoms with Crippen LogP contribution in [0.3, 0.4) is 0 Å². The molecule has 5 nitrogen and oxygen atoms in total. The standard InChI is InChI=1S/C9H20N2O3S/c1-2-9-8-14-6-5-11(9)4-3-7-15(10,12)13/h9H,2-8H2,1H3,(H2,10,12,13). The molecular formula is C9H20N2O3S. The molecule has 0 spiro atoms. The topological polar surface area (TPSA) is 72.6 Å². The van der Waals surface area contributed by atoms with Crippen LogP contribution in [0, 0.1) is 0 Å². The minimum Gasteiger partial charge on any atom is -0.378 e. The van der Waals surface area contributed by atoms with Crippen LogP contribution >= 0.6 is 0 Å². The number of hydrogen-bond donors (Lipinski definition) is 1. The molecule has 6 heteroatoms. The highest BCUT2D eigenvalue weighted by Gasteiger charge is 2.20. The highest BCUT2D eigenvalue weighted by atomic mass is 32.2. The molecule has 0 aromatic heterocycles. The Morgan fingerprint density at radius 2 is 2.27 bits per heavy atom. The number of sulfonamides is 1. The van der Waals surface area contributed by atoms with E-state index in [1.54, 1.807) is 0 Å². The third-order valence-corrected chi connectivity index (χ3v) is 3.55. The lowest BCUT2D eigenvalue weighted by molar-refractivity contribution is -0.00828. The van der Waals surface area contributed by atoms with E-state index in [1.807, 2.05) is 0 Å². The van der Waals surface area contributed by atoms with Crippen LogP contribution in [0.2, 0.25) is 0 Å². The van der Waals surface area contributed by atoms with Crippen LogP contribution in [0.25, 0.3) is 0 Å². The van der Waals surface area contributed by atoms with E-state index in [2.05, 4.69) is 11.8 Å². The molecule has 1 unspecified atom stereocenters. The number of rotatable bonds is 5. The lowest BCUT2D eigenvalue weighted by Crippen LogP contribution is -2.45. The van der Waals surface area contributed by atoms with Crippen molar-refractivity contribution in [1.82, 2.24) is 4.90 Å². The Labute approximate surface area is 91.6 Å². The van der Waals surface area contributed by atoms with Gasteiger partial charge >= 0.3 is 0 Å². The second-order valence-electron chi connectivity index (χ2n) is 3.89. The number of ether oxygens (including phenoxy) is 1. The lowest BCUT2D eigenvalue weighted by Gasteiger charge is -2.34. The van der Waals surface area contributed by atoms with E-state index in [4.69, 9.17) is 9.88 Å². The number of primary sulfonamides is 1. The van der Waals surface area contributed by atoms with E-state index in [-0.39, 0.29) is 5.75 Å². The predicted octanol–water partition coefficient (Wildman–Crippen LogP) is -0.224. The summed E-state index contributed by atoms with van der Waals surface area (Å²) in [6, 6.07) is 0.430. The van der Waals surface area contributed by atoms with E-state index in [9.17, 15) is 8.42 Å². The fraction of sp³-hybridized carbons (Fsp3) is 1.00. The van der Waals surface area contributed by atoms with Gasteiger partial charge in [0.1, 0.15) is 0 Å². The van der Waals surface area contributed by atoms with Gasteiger partial charge in [-0.15, -0.1) is 0 Å². The van der Waals surface area contributed by atoms with E-state index in [0.717, 1.165) is 32.7 Å². The SMILES string of the molecule is CCC1COCCN1CCCS(N)(=O)=O. The Morgan fingerprint density at radius 1 is 1.53 bits per heavy atom. The Kier molecular flexibility index (Phi) is 4.98. The van der Waals surface area contributed by atoms with Gasteiger partial charge in [-0.1, -0.05) is 6.92 Å². The highest BCUT2D eigenvalue weighted by molar-refractivity contribution is 7.89. The van der Waals surface area contributed by atoms with E-state index < -0.39 is 10.0 Å². The molecule has 1 rings (SSSR count). The van der Waals surface area contributed by atoms with Gasteiger partial charge in [0.2, 0.25) is 10.0 Å². The zero-order valence-electron chi connectivity index (χ0n) is 9.18. The average molecular weight is 236 g/mol. The summed E-state index contributed by atoms with van der Waals surface area (Å²) in [6.07, 6.45) is 1.64. The molecule has 0 aromatic carbocycles. The molecule has 0 radical (unpaired) electrons. The summed E-state index contributed by atoms with van der Waals surface area (Å²) in [5.41, 5.74) is 0. The quantitative estimate of drug-likeness (QED) is 0.716. The van der Waals surface area contributed by atoms with Crippen molar-refractivity contribution in [2.75, 3.05) is 32.1 Å². The second-order valence-corrected chi connectivity index (χ2v) is 5.63. The van der Waals surface area contributed by atoms with Gasteiger partial charge in [0.05, 0.1) is 19.0 Å². The Balaban J connectivity index is 2.29. The largest absolute Gasteiger partial charge is 0.378 e. The van der Waals surface area contributed by atoms with Crippen molar-refractivity contribution in [2.24, 2.45) is 5.14 Å². The summed E-state index contributed by atoms with van der Waals surface area (Å²) in [5, 5.41) is 4.95. The van der Waals surface area contributed by atoms with Crippen molar-refractivity contribution in [3.63, 3.8) is 0 Å². The third-order valence-electron chi connectivity index (χ3n) is 2.69. The highest BCUT2D eigenvalue weighted by Crippen LogP contribution is 2.10. The smallest absolute Gasteiger partial charge is 0.209 e. The van der Waals surface area contributed by atoms with Crippen LogP contribution in [0.5, 0.6) is 0 Å². The number of nitrogens with zero attached hydrogens (tertiary/aromatic N) is 1. The molecule has 0 bridgehead atoms. The maximum absolute atomic E-state index is 10.8. The molecule has 0 saturated carbocycles. The average Bonchev–Trinajstić information content (AvgIpc) is 2.16. The van der Waals surface area contributed by atoms with E-state index >= 15 is 0 Å². The van der Waals surface area contributed by atoms with E-state index in [0.29, 0.717) is 12.5 Å². The summed E-state index contributed by atoms with van der Waals surface area (Å²) in [5.74, 6) is 0.0702. The maximum atomic E-state index is 10.8. The summed E-state index contributed by atoms with van der Waals surface area (Å²) >= 11 is 0. The lowest BCUT2D eigenvalue weighted by atomic mass is 10.1. The zero-order chi connectivity index (χ0) is 11.3. The van der Waals surface area contributed by atoms with Crippen molar-refractivity contribution in [3.8, 4) is 0 Å². The molecule has 1 aliphatic rings. The molecule has 1 fully saturated rings. The first-order chi connectivity index (χ1) is 7.03. The van der Waals surface area contributed by atoms with Gasteiger partial charge in [-0.2, -0.15) is 0 Å². The van der Waals surface area contributed by atoms with Crippen molar-refractivity contribution in [3.05, 3.63) is 0 Å². The van der Waals surface area contributed by atoms with Crippen LogP contribution < -0.4 is 5.14 Å². The number of morpholine rings is 1. The minimum absolute atomic E-state index is 0.0702. The molecule has 1 aliphatic heterocycles. The van der Waals surface area contributed by atoms with Crippen molar-refractivity contribution in [2.45, 2.75) is 25.8 Å². The minimum atomic E-state index is -3.31. The fourth-order valence-electron chi connectivity index (χ4n) is 1.83. The molecule has 2 N–H and O–H groups in total. The first-order valence-electron chi connectivity index (χ1n) is 5.35. The normalized spacial score (nSPS) is 24.3. The van der Waals surface area contributed by atoms with Crippen molar-refractivity contribution >= 4 is 10.0 Å². The number of nitrogens with two attached hydrogens (primary N) is 1. The van der Waals surface area contributed by atoms with Crippen molar-refractivity contribution < 1.29 is 13.2 Å². The Hall–Kier alpha value is -0.170. The van der Waals surface area contributed by atoms with Crippen LogP contribution in [-0.2, 0) is 14.8 Å². The van der Waals surface area contributed by atoms with Gasteiger partial charge in [0.15, 0.2) is 0 Å². The van der Waals surface area contributed by atoms with Gasteiger partial charge in [-0.05, 0) is 19.4 Å². The molecule has 1 heterocycles. The molecule has 1 saturated heterocycles. The van der Waals surface area contributed by atoms with Gasteiger partial charge in [-0.3, -0.25) is 4.90 Å². The Morgan fingerprint density at radius 3 is 2.87 bits per heavy atom. The van der Waals surface area contributed by atoms with Gasteiger partial charge in [0.25, 0.3) is 0 Å². The third kappa shape index (κ3) is 4.92. The predicted molar refractivity (Wildman–Crippen MR) is 59.1 cm³/mol. The monoisotopic (exact) mass is 236 g/mol. The molecule has 0 aliphatic carbocycles. The van der Waals surface area contributed by atoms with Crippen LogP contribution in [0.4, 0.5) is 0 Å². The summed E-state index contributed by atoms with van der Waals surface area (Å²) in [7, 11) is -3.31. The Bertz CT molecular complexity index is 279. The maximum Gasteiger partial charge on any atom is 0.209 e. The van der Waals surface area contributed by atoms with Crippen LogP contribution in [0.15, 0.2) is 0 Å². The van der Waals surface area contributed by atoms with E-state index in [1.165, 1.54) is 0 Å². The molecule has 90 valence electrons. The molecular weight excluding hydrogens is 216 g/mol. The summed E-state index contributed by atoms with van der Waals surface area (Å²) in [4.78, 5) is 2.29. The van der Waals surface area contributed by atoms with Crippen LogP contribution in [0.1, 0.15) is 19.8 Å². The summed E-state index contributed by atoms with van der Waals surface area (Å²) < 4.78 is 26.9. The van der Waals surface area contributed by atoms with Crippen molar-refractivity contribution in [1.29, 1.82) is 0 Å². The fourth-order valence-corrected chi connectivity index (χ4v) is 2.36. The van der Waals surface area contributed by atoms with Gasteiger partial charge < -0.3 is 4.74 Å². The van der Waals surface area contributed by atoms with Crippen LogP contribution in [-0.4, -0.2) is 51.4 Å². The molecule has 0 aromatic rings. The summed E-state index contributed by atoms with van der Waals surface area (Å²) in [6.45, 7) is 5.30. The molecule has 15 heavy (non-hydrogen) atoms. The number of hydrogen-bond acceptors (Lipinski definition) is 4. The first-order valence-corrected chi connectivity index (χ1v) is 7.06. The first kappa shape index (κ1) is 12.9. The molecule has 0 amide bonds. The molecule has 1 atom stereocenters. The van der Waals surface area contributed by atoms with Gasteiger partial charge in [-0.25, -0.2) is 13.6 Å². The second kappa shape index (κ2) is 5.79. The zero-order valence-corrected chi connectivity index (χ0v) is 10.0.